The van der Waals surface area contributed by atoms with Crippen molar-refractivity contribution in [3.63, 3.8) is 0 Å². The van der Waals surface area contributed by atoms with Crippen molar-refractivity contribution in [1.82, 2.24) is 0 Å². The standard InChI is InChI=1S/C11H20/c1-8(2)7-11(9(3)4)10(5)6/h7,9-10H,1H2,2-6H3. The molecular formula is C11H20. The van der Waals surface area contributed by atoms with E-state index < -0.39 is 0 Å². The van der Waals surface area contributed by atoms with E-state index in [0.29, 0.717) is 11.8 Å². The second-order valence-electron chi connectivity index (χ2n) is 3.80. The first-order chi connectivity index (χ1) is 4.95. The fourth-order valence-electron chi connectivity index (χ4n) is 1.28. The predicted molar refractivity (Wildman–Crippen MR) is 52.6 cm³/mol. The van der Waals surface area contributed by atoms with Crippen LogP contribution >= 0.6 is 0 Å². The van der Waals surface area contributed by atoms with Crippen molar-refractivity contribution in [2.24, 2.45) is 11.8 Å². The van der Waals surface area contributed by atoms with E-state index in [4.69, 9.17) is 0 Å². The quantitative estimate of drug-likeness (QED) is 0.539. The minimum Gasteiger partial charge on any atom is -0.0961 e. The van der Waals surface area contributed by atoms with Gasteiger partial charge in [-0.15, -0.1) is 0 Å². The van der Waals surface area contributed by atoms with Crippen LogP contribution in [0.3, 0.4) is 0 Å². The highest BCUT2D eigenvalue weighted by Crippen LogP contribution is 2.20. The van der Waals surface area contributed by atoms with Crippen LogP contribution in [0.2, 0.25) is 0 Å². The lowest BCUT2D eigenvalue weighted by Crippen LogP contribution is -2.01. The molecular weight excluding hydrogens is 132 g/mol. The lowest BCUT2D eigenvalue weighted by atomic mass is 9.91. The van der Waals surface area contributed by atoms with Gasteiger partial charge in [-0.1, -0.05) is 51.5 Å². The first-order valence-corrected chi connectivity index (χ1v) is 4.32. The Bertz CT molecular complexity index is 149. The fourth-order valence-corrected chi connectivity index (χ4v) is 1.28. The van der Waals surface area contributed by atoms with Gasteiger partial charge < -0.3 is 0 Å². The van der Waals surface area contributed by atoms with Crippen molar-refractivity contribution in [2.75, 3.05) is 0 Å². The molecule has 0 unspecified atom stereocenters. The van der Waals surface area contributed by atoms with Gasteiger partial charge in [-0.3, -0.25) is 0 Å². The third-order valence-electron chi connectivity index (χ3n) is 1.75. The maximum Gasteiger partial charge on any atom is -0.0254 e. The molecule has 11 heavy (non-hydrogen) atoms. The summed E-state index contributed by atoms with van der Waals surface area (Å²) in [6.07, 6.45) is 2.20. The molecule has 0 aliphatic carbocycles. The molecule has 0 heteroatoms. The van der Waals surface area contributed by atoms with Crippen LogP contribution in [0.15, 0.2) is 23.8 Å². The molecule has 64 valence electrons. The van der Waals surface area contributed by atoms with Crippen LogP contribution in [0, 0.1) is 11.8 Å². The second-order valence-corrected chi connectivity index (χ2v) is 3.80. The van der Waals surface area contributed by atoms with Gasteiger partial charge in [0.1, 0.15) is 0 Å². The summed E-state index contributed by atoms with van der Waals surface area (Å²) in [5.41, 5.74) is 2.65. The molecule has 0 bridgehead atoms. The number of hydrogen-bond donors (Lipinski definition) is 0. The smallest absolute Gasteiger partial charge is 0.0254 e. The maximum atomic E-state index is 3.88. The molecule has 0 nitrogen and oxygen atoms in total. The molecule has 0 saturated heterocycles. The van der Waals surface area contributed by atoms with Crippen LogP contribution in [0.4, 0.5) is 0 Å². The van der Waals surface area contributed by atoms with Crippen molar-refractivity contribution in [3.05, 3.63) is 23.8 Å². The molecule has 0 heterocycles. The van der Waals surface area contributed by atoms with Gasteiger partial charge in [-0.25, -0.2) is 0 Å². The highest BCUT2D eigenvalue weighted by atomic mass is 14.1. The van der Waals surface area contributed by atoms with Gasteiger partial charge in [0.25, 0.3) is 0 Å². The van der Waals surface area contributed by atoms with E-state index in [0.717, 1.165) is 5.57 Å². The average molecular weight is 152 g/mol. The number of allylic oxidation sites excluding steroid dienone is 3. The zero-order chi connectivity index (χ0) is 9.02. The summed E-state index contributed by atoms with van der Waals surface area (Å²) in [5.74, 6) is 1.29. The van der Waals surface area contributed by atoms with E-state index in [1.165, 1.54) is 5.57 Å². The normalized spacial score (nSPS) is 10.5. The van der Waals surface area contributed by atoms with Crippen molar-refractivity contribution < 1.29 is 0 Å². The van der Waals surface area contributed by atoms with Crippen molar-refractivity contribution >= 4 is 0 Å². The molecule has 0 aromatic rings. The zero-order valence-electron chi connectivity index (χ0n) is 8.44. The third-order valence-corrected chi connectivity index (χ3v) is 1.75. The molecule has 0 atom stereocenters. The summed E-state index contributed by atoms with van der Waals surface area (Å²) in [6, 6.07) is 0. The van der Waals surface area contributed by atoms with Crippen LogP contribution in [0.25, 0.3) is 0 Å². The topological polar surface area (TPSA) is 0 Å². The van der Waals surface area contributed by atoms with Crippen LogP contribution in [-0.4, -0.2) is 0 Å². The molecule has 0 radical (unpaired) electrons. The predicted octanol–water partition coefficient (Wildman–Crippen LogP) is 3.80. The fraction of sp³-hybridized carbons (Fsp3) is 0.636. The lowest BCUT2D eigenvalue weighted by Gasteiger charge is -2.15. The first-order valence-electron chi connectivity index (χ1n) is 4.32. The summed E-state index contributed by atoms with van der Waals surface area (Å²) in [6.45, 7) is 14.9. The Balaban J connectivity index is 4.46. The maximum absolute atomic E-state index is 3.88. The number of hydrogen-bond acceptors (Lipinski definition) is 0. The van der Waals surface area contributed by atoms with Crippen LogP contribution in [0.5, 0.6) is 0 Å². The Morgan fingerprint density at radius 1 is 1.09 bits per heavy atom. The summed E-state index contributed by atoms with van der Waals surface area (Å²) in [4.78, 5) is 0. The van der Waals surface area contributed by atoms with Gasteiger partial charge >= 0.3 is 0 Å². The van der Waals surface area contributed by atoms with Gasteiger partial charge in [-0.2, -0.15) is 0 Å². The van der Waals surface area contributed by atoms with E-state index >= 15 is 0 Å². The summed E-state index contributed by atoms with van der Waals surface area (Å²) < 4.78 is 0. The van der Waals surface area contributed by atoms with E-state index in [-0.39, 0.29) is 0 Å². The Morgan fingerprint density at radius 2 is 1.45 bits per heavy atom. The summed E-state index contributed by atoms with van der Waals surface area (Å²) in [5, 5.41) is 0. The van der Waals surface area contributed by atoms with Crippen LogP contribution in [-0.2, 0) is 0 Å². The minimum absolute atomic E-state index is 0.645. The second kappa shape index (κ2) is 4.38. The molecule has 0 N–H and O–H groups in total. The molecule has 0 saturated carbocycles. The molecule has 0 fully saturated rings. The van der Waals surface area contributed by atoms with Gasteiger partial charge in [-0.05, 0) is 18.8 Å². The molecule has 0 spiro atoms. The molecule has 0 aliphatic heterocycles. The molecule has 0 aliphatic rings. The summed E-state index contributed by atoms with van der Waals surface area (Å²) in [7, 11) is 0. The monoisotopic (exact) mass is 152 g/mol. The first kappa shape index (κ1) is 10.5. The molecule has 0 amide bonds. The van der Waals surface area contributed by atoms with E-state index in [2.05, 4.69) is 40.3 Å². The average Bonchev–Trinajstić information content (AvgIpc) is 1.81. The van der Waals surface area contributed by atoms with Crippen molar-refractivity contribution in [2.45, 2.75) is 34.6 Å². The molecule has 0 aromatic carbocycles. The van der Waals surface area contributed by atoms with Gasteiger partial charge in [0.2, 0.25) is 0 Å². The Labute approximate surface area is 71.0 Å². The SMILES string of the molecule is C=C(C)C=C(C(C)C)C(C)C. The summed E-state index contributed by atoms with van der Waals surface area (Å²) >= 11 is 0. The molecule has 0 rings (SSSR count). The van der Waals surface area contributed by atoms with E-state index in [1.807, 2.05) is 6.92 Å². The van der Waals surface area contributed by atoms with Crippen LogP contribution < -0.4 is 0 Å². The Kier molecular flexibility index (Phi) is 4.17. The van der Waals surface area contributed by atoms with Gasteiger partial charge in [0, 0.05) is 0 Å². The lowest BCUT2D eigenvalue weighted by molar-refractivity contribution is 0.625. The highest BCUT2D eigenvalue weighted by molar-refractivity contribution is 5.21. The molecule has 0 aromatic heterocycles. The van der Waals surface area contributed by atoms with Crippen molar-refractivity contribution in [1.29, 1.82) is 0 Å². The van der Waals surface area contributed by atoms with Crippen molar-refractivity contribution in [3.8, 4) is 0 Å². The van der Waals surface area contributed by atoms with Crippen LogP contribution in [0.1, 0.15) is 34.6 Å². The zero-order valence-corrected chi connectivity index (χ0v) is 8.44. The van der Waals surface area contributed by atoms with Gasteiger partial charge in [0.05, 0.1) is 0 Å². The largest absolute Gasteiger partial charge is 0.0961 e. The van der Waals surface area contributed by atoms with Gasteiger partial charge in [0.15, 0.2) is 0 Å². The third kappa shape index (κ3) is 4.02. The number of rotatable bonds is 3. The minimum atomic E-state index is 0.645. The van der Waals surface area contributed by atoms with E-state index in [1.54, 1.807) is 0 Å². The Morgan fingerprint density at radius 3 is 1.55 bits per heavy atom. The highest BCUT2D eigenvalue weighted by Gasteiger charge is 2.06. The Hall–Kier alpha value is -0.520. The van der Waals surface area contributed by atoms with E-state index in [9.17, 15) is 0 Å².